The van der Waals surface area contributed by atoms with Gasteiger partial charge in [-0.15, -0.1) is 0 Å². The van der Waals surface area contributed by atoms with Gasteiger partial charge in [0.25, 0.3) is 5.91 Å². The number of carbonyl (C=O) groups excluding carboxylic acids is 1. The van der Waals surface area contributed by atoms with Gasteiger partial charge in [-0.2, -0.15) is 0 Å². The lowest BCUT2D eigenvalue weighted by molar-refractivity contribution is 0.0766. The van der Waals surface area contributed by atoms with Crippen LogP contribution in [0.15, 0.2) is 40.9 Å². The van der Waals surface area contributed by atoms with Gasteiger partial charge in [-0.25, -0.2) is 0 Å². The van der Waals surface area contributed by atoms with Crippen LogP contribution in [0.1, 0.15) is 21.5 Å². The smallest absolute Gasteiger partial charge is 0.254 e. The van der Waals surface area contributed by atoms with E-state index < -0.39 is 0 Å². The van der Waals surface area contributed by atoms with Crippen molar-refractivity contribution < 1.29 is 14.3 Å². The molecule has 1 amide bonds. The van der Waals surface area contributed by atoms with Crippen LogP contribution in [-0.2, 0) is 13.1 Å². The van der Waals surface area contributed by atoms with Crippen molar-refractivity contribution in [3.05, 3.63) is 57.6 Å². The standard InChI is InChI=1S/C17H16BrNO3/c1-21-12-5-3-11(4-6-12)9-19-10-14-13(17(19)20)7-8-15(22-2)16(14)18/h3-8H,9-10H2,1-2H3. The van der Waals surface area contributed by atoms with E-state index in [9.17, 15) is 4.79 Å². The average molecular weight is 362 g/mol. The molecule has 0 fully saturated rings. The maximum Gasteiger partial charge on any atom is 0.254 e. The Morgan fingerprint density at radius 2 is 1.82 bits per heavy atom. The second-order valence-corrected chi connectivity index (χ2v) is 5.91. The highest BCUT2D eigenvalue weighted by atomic mass is 79.9. The molecule has 4 nitrogen and oxygen atoms in total. The monoisotopic (exact) mass is 361 g/mol. The van der Waals surface area contributed by atoms with Gasteiger partial charge < -0.3 is 14.4 Å². The SMILES string of the molecule is COc1ccc(CN2Cc3c(ccc(OC)c3Br)C2=O)cc1. The molecule has 0 aliphatic carbocycles. The minimum absolute atomic E-state index is 0.0502. The second-order valence-electron chi connectivity index (χ2n) is 5.12. The molecule has 3 rings (SSSR count). The van der Waals surface area contributed by atoms with Gasteiger partial charge in [0.05, 0.1) is 18.7 Å². The normalized spacial score (nSPS) is 13.2. The lowest BCUT2D eigenvalue weighted by Crippen LogP contribution is -2.23. The lowest BCUT2D eigenvalue weighted by atomic mass is 10.1. The molecular weight excluding hydrogens is 346 g/mol. The molecule has 0 radical (unpaired) electrons. The zero-order chi connectivity index (χ0) is 15.7. The van der Waals surface area contributed by atoms with Gasteiger partial charge in [0.15, 0.2) is 0 Å². The number of rotatable bonds is 4. The van der Waals surface area contributed by atoms with E-state index in [4.69, 9.17) is 9.47 Å². The summed E-state index contributed by atoms with van der Waals surface area (Å²) in [5, 5.41) is 0. The van der Waals surface area contributed by atoms with Gasteiger partial charge in [-0.05, 0) is 45.8 Å². The van der Waals surface area contributed by atoms with Gasteiger partial charge in [-0.1, -0.05) is 12.1 Å². The number of halogens is 1. The van der Waals surface area contributed by atoms with E-state index in [1.54, 1.807) is 14.2 Å². The molecule has 0 atom stereocenters. The van der Waals surface area contributed by atoms with Crippen LogP contribution >= 0.6 is 15.9 Å². The lowest BCUT2D eigenvalue weighted by Gasteiger charge is -2.16. The van der Waals surface area contributed by atoms with Crippen molar-refractivity contribution in [2.75, 3.05) is 14.2 Å². The Kier molecular flexibility index (Phi) is 4.07. The molecule has 2 aromatic carbocycles. The van der Waals surface area contributed by atoms with E-state index in [1.165, 1.54) is 0 Å². The number of hydrogen-bond donors (Lipinski definition) is 0. The molecule has 1 aliphatic rings. The second kappa shape index (κ2) is 6.01. The molecule has 0 saturated carbocycles. The fourth-order valence-corrected chi connectivity index (χ4v) is 3.26. The first kappa shape index (κ1) is 14.9. The minimum Gasteiger partial charge on any atom is -0.497 e. The predicted octanol–water partition coefficient (Wildman–Crippen LogP) is 3.62. The zero-order valence-electron chi connectivity index (χ0n) is 12.4. The third-order valence-corrected chi connectivity index (χ3v) is 4.70. The molecule has 1 aliphatic heterocycles. The number of fused-ring (bicyclic) bond motifs is 1. The number of carbonyl (C=O) groups is 1. The van der Waals surface area contributed by atoms with E-state index >= 15 is 0 Å². The molecule has 22 heavy (non-hydrogen) atoms. The van der Waals surface area contributed by atoms with Crippen molar-refractivity contribution in [2.45, 2.75) is 13.1 Å². The van der Waals surface area contributed by atoms with Crippen LogP contribution in [0.25, 0.3) is 0 Å². The number of methoxy groups -OCH3 is 2. The Morgan fingerprint density at radius 3 is 2.45 bits per heavy atom. The van der Waals surface area contributed by atoms with Gasteiger partial charge in [0, 0.05) is 24.2 Å². The summed E-state index contributed by atoms with van der Waals surface area (Å²) in [6.45, 7) is 1.16. The van der Waals surface area contributed by atoms with E-state index in [2.05, 4.69) is 15.9 Å². The quantitative estimate of drug-likeness (QED) is 0.834. The van der Waals surface area contributed by atoms with Gasteiger partial charge >= 0.3 is 0 Å². The van der Waals surface area contributed by atoms with E-state index in [0.717, 1.165) is 32.7 Å². The average Bonchev–Trinajstić information content (AvgIpc) is 2.86. The molecular formula is C17H16BrNO3. The fourth-order valence-electron chi connectivity index (χ4n) is 2.62. The minimum atomic E-state index is 0.0502. The number of amides is 1. The van der Waals surface area contributed by atoms with Crippen LogP contribution in [0.2, 0.25) is 0 Å². The van der Waals surface area contributed by atoms with Crippen LogP contribution in [0.4, 0.5) is 0 Å². The molecule has 0 unspecified atom stereocenters. The first-order valence-electron chi connectivity index (χ1n) is 6.91. The third-order valence-electron chi connectivity index (χ3n) is 3.83. The Bertz CT molecular complexity index is 713. The summed E-state index contributed by atoms with van der Waals surface area (Å²) >= 11 is 3.53. The Labute approximate surface area is 137 Å². The van der Waals surface area contributed by atoms with E-state index in [0.29, 0.717) is 13.1 Å². The predicted molar refractivity (Wildman–Crippen MR) is 87.3 cm³/mol. The molecule has 0 saturated heterocycles. The van der Waals surface area contributed by atoms with Crippen LogP contribution in [0.3, 0.4) is 0 Å². The summed E-state index contributed by atoms with van der Waals surface area (Å²) in [6, 6.07) is 11.4. The summed E-state index contributed by atoms with van der Waals surface area (Å²) < 4.78 is 11.3. The molecule has 2 aromatic rings. The summed E-state index contributed by atoms with van der Waals surface area (Å²) in [6.07, 6.45) is 0. The molecule has 0 spiro atoms. The molecule has 0 bridgehead atoms. The van der Waals surface area contributed by atoms with Crippen molar-refractivity contribution in [1.29, 1.82) is 0 Å². The largest absolute Gasteiger partial charge is 0.497 e. The summed E-state index contributed by atoms with van der Waals surface area (Å²) in [7, 11) is 3.26. The maximum atomic E-state index is 12.5. The van der Waals surface area contributed by atoms with Crippen LogP contribution in [0, 0.1) is 0 Å². The summed E-state index contributed by atoms with van der Waals surface area (Å²) in [5.74, 6) is 1.61. The van der Waals surface area contributed by atoms with Gasteiger partial charge in [0.2, 0.25) is 0 Å². The number of nitrogens with zero attached hydrogens (tertiary/aromatic N) is 1. The number of ether oxygens (including phenoxy) is 2. The Balaban J connectivity index is 1.82. The first-order valence-corrected chi connectivity index (χ1v) is 7.71. The Hall–Kier alpha value is -2.01. The summed E-state index contributed by atoms with van der Waals surface area (Å²) in [5.41, 5.74) is 2.80. The molecule has 5 heteroatoms. The molecule has 1 heterocycles. The van der Waals surface area contributed by atoms with Gasteiger partial charge in [0.1, 0.15) is 11.5 Å². The first-order chi connectivity index (χ1) is 10.6. The van der Waals surface area contributed by atoms with Crippen molar-refractivity contribution in [3.63, 3.8) is 0 Å². The molecule has 0 aromatic heterocycles. The van der Waals surface area contributed by atoms with Crippen LogP contribution < -0.4 is 9.47 Å². The summed E-state index contributed by atoms with van der Waals surface area (Å²) in [4.78, 5) is 14.3. The number of benzene rings is 2. The Morgan fingerprint density at radius 1 is 1.09 bits per heavy atom. The van der Waals surface area contributed by atoms with Crippen molar-refractivity contribution in [1.82, 2.24) is 4.90 Å². The van der Waals surface area contributed by atoms with Crippen molar-refractivity contribution in [3.8, 4) is 11.5 Å². The van der Waals surface area contributed by atoms with Gasteiger partial charge in [-0.3, -0.25) is 4.79 Å². The molecule has 0 N–H and O–H groups in total. The van der Waals surface area contributed by atoms with Crippen LogP contribution in [-0.4, -0.2) is 25.0 Å². The van der Waals surface area contributed by atoms with Crippen molar-refractivity contribution in [2.24, 2.45) is 0 Å². The van der Waals surface area contributed by atoms with Crippen molar-refractivity contribution >= 4 is 21.8 Å². The fraction of sp³-hybridized carbons (Fsp3) is 0.235. The highest BCUT2D eigenvalue weighted by Crippen LogP contribution is 2.36. The zero-order valence-corrected chi connectivity index (χ0v) is 14.0. The van der Waals surface area contributed by atoms with E-state index in [1.807, 2.05) is 41.3 Å². The van der Waals surface area contributed by atoms with E-state index in [-0.39, 0.29) is 5.91 Å². The number of hydrogen-bond acceptors (Lipinski definition) is 3. The highest BCUT2D eigenvalue weighted by Gasteiger charge is 2.30. The maximum absolute atomic E-state index is 12.5. The highest BCUT2D eigenvalue weighted by molar-refractivity contribution is 9.10. The topological polar surface area (TPSA) is 38.8 Å². The third kappa shape index (κ3) is 2.57. The van der Waals surface area contributed by atoms with Crippen LogP contribution in [0.5, 0.6) is 11.5 Å². The molecule has 114 valence electrons.